The summed E-state index contributed by atoms with van der Waals surface area (Å²) in [5.74, 6) is -2.14. The van der Waals surface area contributed by atoms with Crippen molar-refractivity contribution in [1.82, 2.24) is 0 Å². The molecule has 4 heteroatoms. The maximum absolute atomic E-state index is 11.8. The number of unbranched alkanes of at least 4 members (excludes halogenated alkanes) is 2. The minimum absolute atomic E-state index is 0.0920. The Labute approximate surface area is 142 Å². The van der Waals surface area contributed by atoms with Crippen molar-refractivity contribution < 1.29 is 19.8 Å². The van der Waals surface area contributed by atoms with E-state index in [2.05, 4.69) is 6.92 Å². The highest BCUT2D eigenvalue weighted by Gasteiger charge is 2.20. The standard InChI is InChI=1S/C20H24O4/c1-3-5-7-13-11-15-10-9-14(8-6-4-2)18(20(23)24)17(15)16(12-13)19(21)22/h9-12H,3-8H2,1-2H3,(H,21,22)(H,23,24). The van der Waals surface area contributed by atoms with Gasteiger partial charge in [-0.25, -0.2) is 9.59 Å². The van der Waals surface area contributed by atoms with Crippen LogP contribution in [0.4, 0.5) is 0 Å². The van der Waals surface area contributed by atoms with Crippen LogP contribution in [0.5, 0.6) is 0 Å². The van der Waals surface area contributed by atoms with Gasteiger partial charge in [-0.2, -0.15) is 0 Å². The maximum Gasteiger partial charge on any atom is 0.336 e. The highest BCUT2D eigenvalue weighted by molar-refractivity contribution is 6.13. The summed E-state index contributed by atoms with van der Waals surface area (Å²) in [5, 5.41) is 20.3. The predicted octanol–water partition coefficient (Wildman–Crippen LogP) is 4.92. The molecule has 0 aliphatic rings. The van der Waals surface area contributed by atoms with Gasteiger partial charge in [-0.15, -0.1) is 0 Å². The molecule has 2 aromatic rings. The maximum atomic E-state index is 11.8. The van der Waals surface area contributed by atoms with E-state index in [0.29, 0.717) is 22.8 Å². The summed E-state index contributed by atoms with van der Waals surface area (Å²) in [5.41, 5.74) is 1.88. The third kappa shape index (κ3) is 3.75. The number of benzene rings is 2. The Balaban J connectivity index is 2.72. The molecule has 24 heavy (non-hydrogen) atoms. The summed E-state index contributed by atoms with van der Waals surface area (Å²) in [6.45, 7) is 4.13. The Morgan fingerprint density at radius 1 is 0.917 bits per heavy atom. The van der Waals surface area contributed by atoms with E-state index in [-0.39, 0.29) is 11.1 Å². The van der Waals surface area contributed by atoms with Gasteiger partial charge in [0.25, 0.3) is 0 Å². The first kappa shape index (κ1) is 18.0. The third-order valence-electron chi connectivity index (χ3n) is 4.33. The number of carboxylic acid groups (broad SMARTS) is 2. The van der Waals surface area contributed by atoms with Gasteiger partial charge >= 0.3 is 11.9 Å². The Bertz CT molecular complexity index is 762. The minimum Gasteiger partial charge on any atom is -0.478 e. The molecule has 0 fully saturated rings. The zero-order chi connectivity index (χ0) is 17.7. The van der Waals surface area contributed by atoms with E-state index in [1.54, 1.807) is 6.07 Å². The summed E-state index contributed by atoms with van der Waals surface area (Å²) in [7, 11) is 0. The Morgan fingerprint density at radius 2 is 1.58 bits per heavy atom. The van der Waals surface area contributed by atoms with Crippen molar-refractivity contribution in [2.75, 3.05) is 0 Å². The summed E-state index contributed by atoms with van der Waals surface area (Å²) in [6, 6.07) is 7.25. The molecule has 0 amide bonds. The average Bonchev–Trinajstić information content (AvgIpc) is 2.56. The lowest BCUT2D eigenvalue weighted by Crippen LogP contribution is -2.09. The van der Waals surface area contributed by atoms with Crippen molar-refractivity contribution in [2.24, 2.45) is 0 Å². The van der Waals surface area contributed by atoms with Gasteiger partial charge in [-0.3, -0.25) is 0 Å². The fourth-order valence-corrected chi connectivity index (χ4v) is 3.09. The third-order valence-corrected chi connectivity index (χ3v) is 4.33. The zero-order valence-electron chi connectivity index (χ0n) is 14.3. The molecule has 0 spiro atoms. The summed E-state index contributed by atoms with van der Waals surface area (Å²) < 4.78 is 0. The molecule has 0 heterocycles. The molecule has 0 bridgehead atoms. The second-order valence-electron chi connectivity index (χ2n) is 6.16. The molecule has 0 radical (unpaired) electrons. The van der Waals surface area contributed by atoms with Crippen LogP contribution in [0.1, 0.15) is 71.4 Å². The normalized spacial score (nSPS) is 10.9. The second-order valence-corrected chi connectivity index (χ2v) is 6.16. The largest absolute Gasteiger partial charge is 0.478 e. The van der Waals surface area contributed by atoms with Crippen LogP contribution in [0.2, 0.25) is 0 Å². The number of fused-ring (bicyclic) bond motifs is 1. The van der Waals surface area contributed by atoms with Crippen LogP contribution < -0.4 is 0 Å². The van der Waals surface area contributed by atoms with Crippen LogP contribution in [0.3, 0.4) is 0 Å². The minimum atomic E-state index is -1.08. The summed E-state index contributed by atoms with van der Waals surface area (Å²) in [6.07, 6.45) is 5.28. The van der Waals surface area contributed by atoms with E-state index in [1.165, 1.54) is 0 Å². The first-order valence-corrected chi connectivity index (χ1v) is 8.54. The Morgan fingerprint density at radius 3 is 2.17 bits per heavy atom. The van der Waals surface area contributed by atoms with Gasteiger partial charge in [0.05, 0.1) is 11.1 Å². The van der Waals surface area contributed by atoms with Crippen LogP contribution in [-0.2, 0) is 12.8 Å². The van der Waals surface area contributed by atoms with Crippen molar-refractivity contribution >= 4 is 22.7 Å². The molecule has 0 aliphatic heterocycles. The van der Waals surface area contributed by atoms with Crippen molar-refractivity contribution in [3.05, 3.63) is 46.5 Å². The number of hydrogen-bond acceptors (Lipinski definition) is 2. The average molecular weight is 328 g/mol. The first-order chi connectivity index (χ1) is 11.5. The monoisotopic (exact) mass is 328 g/mol. The van der Waals surface area contributed by atoms with E-state index >= 15 is 0 Å². The molecule has 2 rings (SSSR count). The number of aromatic carboxylic acids is 2. The van der Waals surface area contributed by atoms with Crippen LogP contribution >= 0.6 is 0 Å². The molecule has 4 nitrogen and oxygen atoms in total. The van der Waals surface area contributed by atoms with Crippen molar-refractivity contribution in [3.8, 4) is 0 Å². The van der Waals surface area contributed by atoms with Gasteiger partial charge in [0.2, 0.25) is 0 Å². The molecule has 0 saturated heterocycles. The number of aryl methyl sites for hydroxylation is 2. The molecule has 0 unspecified atom stereocenters. The van der Waals surface area contributed by atoms with E-state index < -0.39 is 11.9 Å². The fourth-order valence-electron chi connectivity index (χ4n) is 3.09. The highest BCUT2D eigenvalue weighted by atomic mass is 16.4. The fraction of sp³-hybridized carbons (Fsp3) is 0.400. The van der Waals surface area contributed by atoms with Crippen LogP contribution in [0.25, 0.3) is 10.8 Å². The lowest BCUT2D eigenvalue weighted by atomic mass is 9.90. The van der Waals surface area contributed by atoms with Gasteiger partial charge in [-0.1, -0.05) is 44.9 Å². The van der Waals surface area contributed by atoms with Crippen molar-refractivity contribution in [1.29, 1.82) is 0 Å². The second kappa shape index (κ2) is 7.95. The SMILES string of the molecule is CCCCc1cc(C(=O)O)c2c(C(=O)O)c(CCCC)ccc2c1. The molecule has 0 atom stereocenters. The topological polar surface area (TPSA) is 74.6 Å². The Hall–Kier alpha value is -2.36. The number of carbonyl (C=O) groups is 2. The molecule has 0 aliphatic carbocycles. The lowest BCUT2D eigenvalue weighted by molar-refractivity contribution is 0.0694. The number of carboxylic acids is 2. The van der Waals surface area contributed by atoms with E-state index in [0.717, 1.165) is 37.7 Å². The predicted molar refractivity (Wildman–Crippen MR) is 95.1 cm³/mol. The summed E-state index contributed by atoms with van der Waals surface area (Å²) in [4.78, 5) is 23.6. The number of rotatable bonds is 8. The molecule has 2 N–H and O–H groups in total. The molecule has 0 aromatic heterocycles. The van der Waals surface area contributed by atoms with Gasteiger partial charge < -0.3 is 10.2 Å². The van der Waals surface area contributed by atoms with Crippen LogP contribution in [0.15, 0.2) is 24.3 Å². The van der Waals surface area contributed by atoms with Crippen LogP contribution in [-0.4, -0.2) is 22.2 Å². The molecular formula is C20H24O4. The van der Waals surface area contributed by atoms with Gasteiger partial charge in [0, 0.05) is 5.39 Å². The quantitative estimate of drug-likeness (QED) is 0.721. The smallest absolute Gasteiger partial charge is 0.336 e. The molecular weight excluding hydrogens is 304 g/mol. The van der Waals surface area contributed by atoms with E-state index in [4.69, 9.17) is 0 Å². The first-order valence-electron chi connectivity index (χ1n) is 8.54. The van der Waals surface area contributed by atoms with Gasteiger partial charge in [0.15, 0.2) is 0 Å². The molecule has 128 valence electrons. The van der Waals surface area contributed by atoms with Crippen molar-refractivity contribution in [2.45, 2.75) is 52.4 Å². The molecule has 0 saturated carbocycles. The summed E-state index contributed by atoms with van der Waals surface area (Å²) >= 11 is 0. The van der Waals surface area contributed by atoms with E-state index in [9.17, 15) is 19.8 Å². The highest BCUT2D eigenvalue weighted by Crippen LogP contribution is 2.29. The van der Waals surface area contributed by atoms with E-state index in [1.807, 2.05) is 25.1 Å². The lowest BCUT2D eigenvalue weighted by Gasteiger charge is -2.13. The Kier molecular flexibility index (Phi) is 5.96. The van der Waals surface area contributed by atoms with Crippen LogP contribution in [0, 0.1) is 0 Å². The molecule has 2 aromatic carbocycles. The van der Waals surface area contributed by atoms with Gasteiger partial charge in [-0.05, 0) is 48.3 Å². The van der Waals surface area contributed by atoms with Gasteiger partial charge in [0.1, 0.15) is 0 Å². The van der Waals surface area contributed by atoms with Crippen molar-refractivity contribution in [3.63, 3.8) is 0 Å². The number of hydrogen-bond donors (Lipinski definition) is 2. The zero-order valence-corrected chi connectivity index (χ0v) is 14.3.